The van der Waals surface area contributed by atoms with Gasteiger partial charge in [-0.25, -0.2) is 8.42 Å². The first-order chi connectivity index (χ1) is 11.1. The summed E-state index contributed by atoms with van der Waals surface area (Å²) in [6.45, 7) is 3.99. The summed E-state index contributed by atoms with van der Waals surface area (Å²) in [5, 5.41) is 11.9. The van der Waals surface area contributed by atoms with Gasteiger partial charge in [-0.2, -0.15) is 0 Å². The molecule has 1 saturated carbocycles. The SMILES string of the molecule is CC1(C)[C@H](C(=O)O)[C@@H]1C(=O)Nc1ccc(N2CCCS2(=O)=O)cc1. The lowest BCUT2D eigenvalue weighted by atomic mass is 10.1. The third-order valence-electron chi connectivity index (χ3n) is 4.90. The monoisotopic (exact) mass is 352 g/mol. The molecule has 0 radical (unpaired) electrons. The molecule has 0 spiro atoms. The highest BCUT2D eigenvalue weighted by atomic mass is 32.2. The van der Waals surface area contributed by atoms with Crippen LogP contribution in [0, 0.1) is 17.3 Å². The number of carboxylic acid groups (broad SMARTS) is 1. The van der Waals surface area contributed by atoms with Crippen LogP contribution in [0.4, 0.5) is 11.4 Å². The Bertz CT molecular complexity index is 785. The molecular formula is C16H20N2O5S. The van der Waals surface area contributed by atoms with Crippen LogP contribution in [-0.4, -0.2) is 37.7 Å². The predicted octanol–water partition coefficient (Wildman–Crippen LogP) is 1.52. The maximum absolute atomic E-state index is 12.3. The fraction of sp³-hybridized carbons (Fsp3) is 0.500. The van der Waals surface area contributed by atoms with Crippen molar-refractivity contribution in [2.75, 3.05) is 21.9 Å². The quantitative estimate of drug-likeness (QED) is 0.855. The maximum atomic E-state index is 12.3. The molecule has 1 aromatic rings. The van der Waals surface area contributed by atoms with E-state index in [1.54, 1.807) is 38.1 Å². The van der Waals surface area contributed by atoms with Crippen LogP contribution in [0.25, 0.3) is 0 Å². The number of nitrogens with zero attached hydrogens (tertiary/aromatic N) is 1. The zero-order valence-corrected chi connectivity index (χ0v) is 14.3. The van der Waals surface area contributed by atoms with Crippen molar-refractivity contribution in [1.82, 2.24) is 0 Å². The molecule has 0 bridgehead atoms. The van der Waals surface area contributed by atoms with Gasteiger partial charge >= 0.3 is 5.97 Å². The van der Waals surface area contributed by atoms with Crippen molar-refractivity contribution in [3.05, 3.63) is 24.3 Å². The second kappa shape index (κ2) is 5.47. The number of amides is 1. The zero-order chi connectivity index (χ0) is 17.7. The lowest BCUT2D eigenvalue weighted by molar-refractivity contribution is -0.140. The Kier molecular flexibility index (Phi) is 3.82. The van der Waals surface area contributed by atoms with E-state index in [-0.39, 0.29) is 11.7 Å². The molecule has 2 atom stereocenters. The summed E-state index contributed by atoms with van der Waals surface area (Å²) in [6, 6.07) is 6.55. The minimum absolute atomic E-state index is 0.152. The van der Waals surface area contributed by atoms with Gasteiger partial charge in [0.15, 0.2) is 0 Å². The molecule has 3 rings (SSSR count). The Morgan fingerprint density at radius 1 is 1.21 bits per heavy atom. The van der Waals surface area contributed by atoms with E-state index < -0.39 is 33.2 Å². The molecule has 2 N–H and O–H groups in total. The largest absolute Gasteiger partial charge is 0.481 e. The predicted molar refractivity (Wildman–Crippen MR) is 89.2 cm³/mol. The summed E-state index contributed by atoms with van der Waals surface area (Å²) in [5.74, 6) is -2.37. The molecule has 0 unspecified atom stereocenters. The first kappa shape index (κ1) is 16.8. The number of carboxylic acids is 1. The number of nitrogens with one attached hydrogen (secondary N) is 1. The van der Waals surface area contributed by atoms with Crippen LogP contribution in [0.2, 0.25) is 0 Å². The summed E-state index contributed by atoms with van der Waals surface area (Å²) in [7, 11) is -3.23. The molecule has 8 heteroatoms. The summed E-state index contributed by atoms with van der Waals surface area (Å²) in [5.41, 5.74) is 0.535. The summed E-state index contributed by atoms with van der Waals surface area (Å²) in [4.78, 5) is 23.4. The Morgan fingerprint density at radius 3 is 2.29 bits per heavy atom. The van der Waals surface area contributed by atoms with Crippen molar-refractivity contribution in [1.29, 1.82) is 0 Å². The van der Waals surface area contributed by atoms with E-state index in [0.717, 1.165) is 0 Å². The topological polar surface area (TPSA) is 104 Å². The van der Waals surface area contributed by atoms with E-state index in [1.165, 1.54) is 4.31 Å². The Labute approximate surface area is 140 Å². The van der Waals surface area contributed by atoms with Crippen LogP contribution in [-0.2, 0) is 19.6 Å². The third kappa shape index (κ3) is 2.75. The van der Waals surface area contributed by atoms with E-state index in [2.05, 4.69) is 5.32 Å². The lowest BCUT2D eigenvalue weighted by Crippen LogP contribution is -2.25. The standard InChI is InChI=1S/C16H20N2O5S/c1-16(2)12(13(16)15(20)21)14(19)17-10-4-6-11(7-5-10)18-8-3-9-24(18,22)23/h4-7,12-13H,3,8-9H2,1-2H3,(H,17,19)(H,20,21)/t12-,13+/m1/s1. The van der Waals surface area contributed by atoms with Crippen LogP contribution >= 0.6 is 0 Å². The van der Waals surface area contributed by atoms with Gasteiger partial charge in [0.25, 0.3) is 0 Å². The van der Waals surface area contributed by atoms with Crippen LogP contribution < -0.4 is 9.62 Å². The number of carbonyl (C=O) groups is 2. The molecule has 7 nitrogen and oxygen atoms in total. The zero-order valence-electron chi connectivity index (χ0n) is 13.5. The number of hydrogen-bond donors (Lipinski definition) is 2. The van der Waals surface area contributed by atoms with Crippen LogP contribution in [0.15, 0.2) is 24.3 Å². The van der Waals surface area contributed by atoms with Crippen LogP contribution in [0.1, 0.15) is 20.3 Å². The fourth-order valence-corrected chi connectivity index (χ4v) is 5.01. The van der Waals surface area contributed by atoms with Gasteiger partial charge in [-0.15, -0.1) is 0 Å². The van der Waals surface area contributed by atoms with Crippen molar-refractivity contribution in [2.45, 2.75) is 20.3 Å². The number of benzene rings is 1. The number of sulfonamides is 1. The average molecular weight is 352 g/mol. The van der Waals surface area contributed by atoms with E-state index in [1.807, 2.05) is 0 Å². The van der Waals surface area contributed by atoms with E-state index in [9.17, 15) is 18.0 Å². The molecule has 1 aromatic carbocycles. The van der Waals surface area contributed by atoms with Gasteiger partial charge in [0.2, 0.25) is 15.9 Å². The van der Waals surface area contributed by atoms with E-state index in [4.69, 9.17) is 5.11 Å². The van der Waals surface area contributed by atoms with Gasteiger partial charge in [0.05, 0.1) is 23.3 Å². The molecule has 130 valence electrons. The van der Waals surface area contributed by atoms with Gasteiger partial charge in [-0.1, -0.05) is 13.8 Å². The number of aliphatic carboxylic acids is 1. The molecule has 1 aliphatic heterocycles. The average Bonchev–Trinajstić information content (AvgIpc) is 2.90. The molecule has 1 saturated heterocycles. The van der Waals surface area contributed by atoms with Crippen molar-refractivity contribution >= 4 is 33.3 Å². The van der Waals surface area contributed by atoms with Crippen LogP contribution in [0.3, 0.4) is 0 Å². The molecule has 24 heavy (non-hydrogen) atoms. The van der Waals surface area contributed by atoms with E-state index >= 15 is 0 Å². The van der Waals surface area contributed by atoms with Gasteiger partial charge < -0.3 is 10.4 Å². The molecule has 2 fully saturated rings. The first-order valence-corrected chi connectivity index (χ1v) is 9.39. The Morgan fingerprint density at radius 2 is 1.83 bits per heavy atom. The number of anilines is 2. The number of carbonyl (C=O) groups excluding carboxylic acids is 1. The summed E-state index contributed by atoms with van der Waals surface area (Å²) >= 11 is 0. The molecule has 1 heterocycles. The second-order valence-electron chi connectivity index (χ2n) is 6.89. The number of rotatable bonds is 4. The lowest BCUT2D eigenvalue weighted by Gasteiger charge is -2.17. The minimum atomic E-state index is -3.23. The highest BCUT2D eigenvalue weighted by molar-refractivity contribution is 7.93. The maximum Gasteiger partial charge on any atom is 0.307 e. The molecular weight excluding hydrogens is 332 g/mol. The fourth-order valence-electron chi connectivity index (χ4n) is 3.45. The Hall–Kier alpha value is -2.09. The number of hydrogen-bond acceptors (Lipinski definition) is 4. The molecule has 2 aliphatic rings. The Balaban J connectivity index is 1.69. The highest BCUT2D eigenvalue weighted by Crippen LogP contribution is 2.58. The first-order valence-electron chi connectivity index (χ1n) is 7.79. The van der Waals surface area contributed by atoms with Crippen LogP contribution in [0.5, 0.6) is 0 Å². The smallest absolute Gasteiger partial charge is 0.307 e. The second-order valence-corrected chi connectivity index (χ2v) is 8.91. The summed E-state index contributed by atoms with van der Waals surface area (Å²) < 4.78 is 25.2. The minimum Gasteiger partial charge on any atom is -0.481 e. The third-order valence-corrected chi connectivity index (χ3v) is 6.77. The van der Waals surface area contributed by atoms with Crippen molar-refractivity contribution in [2.24, 2.45) is 17.3 Å². The molecule has 1 aliphatic carbocycles. The van der Waals surface area contributed by atoms with E-state index in [0.29, 0.717) is 24.3 Å². The van der Waals surface area contributed by atoms with Crippen molar-refractivity contribution in [3.8, 4) is 0 Å². The van der Waals surface area contributed by atoms with Gasteiger partial charge in [-0.05, 0) is 36.1 Å². The molecule has 1 amide bonds. The summed E-state index contributed by atoms with van der Waals surface area (Å²) in [6.07, 6.45) is 0.605. The normalized spacial score (nSPS) is 26.8. The highest BCUT2D eigenvalue weighted by Gasteiger charge is 2.65. The van der Waals surface area contributed by atoms with Gasteiger partial charge in [0, 0.05) is 12.2 Å². The van der Waals surface area contributed by atoms with Crippen molar-refractivity contribution in [3.63, 3.8) is 0 Å². The van der Waals surface area contributed by atoms with Gasteiger partial charge in [-0.3, -0.25) is 13.9 Å². The molecule has 0 aromatic heterocycles. The van der Waals surface area contributed by atoms with Crippen molar-refractivity contribution < 1.29 is 23.1 Å². The van der Waals surface area contributed by atoms with Gasteiger partial charge in [0.1, 0.15) is 0 Å².